The van der Waals surface area contributed by atoms with Crippen LogP contribution in [0, 0.1) is 11.3 Å². The smallest absolute Gasteiger partial charge is 0.407 e. The molecule has 5 atom stereocenters. The van der Waals surface area contributed by atoms with E-state index in [1.807, 2.05) is 58.0 Å². The van der Waals surface area contributed by atoms with Crippen LogP contribution in [-0.4, -0.2) is 100 Å². The largest absolute Gasteiger partial charge is 0.443 e. The summed E-state index contributed by atoms with van der Waals surface area (Å²) in [7, 11) is -2.37. The van der Waals surface area contributed by atoms with Crippen molar-refractivity contribution in [2.75, 3.05) is 45.2 Å². The summed E-state index contributed by atoms with van der Waals surface area (Å²) in [5.41, 5.74) is 1.01. The van der Waals surface area contributed by atoms with Crippen LogP contribution in [0.3, 0.4) is 0 Å². The van der Waals surface area contributed by atoms with Gasteiger partial charge in [-0.3, -0.25) is 0 Å². The lowest BCUT2D eigenvalue weighted by molar-refractivity contribution is -0.0907. The fraction of sp³-hybridized carbons (Fsp3) is 0.611. The predicted octanol–water partition coefficient (Wildman–Crippen LogP) is 4.08. The number of rotatable bonds is 18. The number of amides is 3. The molecule has 0 spiro atoms. The molecule has 50 heavy (non-hydrogen) atoms. The number of fused-ring (bicyclic) bond motifs is 1. The average molecular weight is 718 g/mol. The summed E-state index contributed by atoms with van der Waals surface area (Å²) in [4.78, 5) is 25.3. The highest BCUT2D eigenvalue weighted by atomic mass is 32.2. The van der Waals surface area contributed by atoms with Crippen LogP contribution in [0.25, 0.3) is 0 Å². The van der Waals surface area contributed by atoms with Crippen molar-refractivity contribution in [2.45, 2.75) is 95.3 Å². The van der Waals surface area contributed by atoms with Crippen molar-refractivity contribution >= 4 is 27.8 Å². The molecule has 2 fully saturated rings. The highest BCUT2D eigenvalue weighted by Gasteiger charge is 2.44. The first kappa shape index (κ1) is 39.4. The summed E-state index contributed by atoms with van der Waals surface area (Å²) in [5, 5.41) is 23.3. The Hall–Kier alpha value is -3.43. The van der Waals surface area contributed by atoms with E-state index in [2.05, 4.69) is 21.3 Å². The maximum absolute atomic E-state index is 14.3. The molecule has 278 valence electrons. The van der Waals surface area contributed by atoms with Crippen LogP contribution < -0.4 is 21.3 Å². The molecule has 0 bridgehead atoms. The second-order valence-electron chi connectivity index (χ2n) is 14.2. The number of urea groups is 1. The van der Waals surface area contributed by atoms with Crippen LogP contribution in [0.1, 0.15) is 58.9 Å². The number of aliphatic hydroxyl groups excluding tert-OH is 1. The number of benzene rings is 2. The lowest BCUT2D eigenvalue weighted by atomic mass is 9.87. The molecule has 2 aromatic rings. The third-order valence-electron chi connectivity index (χ3n) is 9.05. The van der Waals surface area contributed by atoms with Crippen LogP contribution >= 0.6 is 0 Å². The van der Waals surface area contributed by atoms with E-state index in [9.17, 15) is 23.1 Å². The summed E-state index contributed by atoms with van der Waals surface area (Å²) in [6, 6.07) is 14.9. The van der Waals surface area contributed by atoms with Crippen molar-refractivity contribution in [2.24, 2.45) is 11.3 Å². The van der Waals surface area contributed by atoms with Gasteiger partial charge < -0.3 is 40.6 Å². The second-order valence-corrected chi connectivity index (χ2v) is 16.2. The number of carbonyl (C=O) groups is 2. The molecule has 0 radical (unpaired) electrons. The van der Waals surface area contributed by atoms with E-state index in [1.54, 1.807) is 25.2 Å². The Bertz CT molecular complexity index is 1490. The Morgan fingerprint density at radius 1 is 1.06 bits per heavy atom. The minimum atomic E-state index is -4.09. The maximum Gasteiger partial charge on any atom is 0.407 e. The summed E-state index contributed by atoms with van der Waals surface area (Å²) >= 11 is 0. The molecule has 2 aliphatic rings. The molecule has 0 aromatic heterocycles. The monoisotopic (exact) mass is 717 g/mol. The Morgan fingerprint density at radius 2 is 1.82 bits per heavy atom. The quantitative estimate of drug-likeness (QED) is 0.143. The van der Waals surface area contributed by atoms with Crippen molar-refractivity contribution in [3.63, 3.8) is 0 Å². The molecule has 4 rings (SSSR count). The molecule has 2 aromatic carbocycles. The normalized spacial score (nSPS) is 20.3. The van der Waals surface area contributed by atoms with Crippen LogP contribution in [0.2, 0.25) is 0 Å². The number of ether oxygens (including phenoxy) is 3. The van der Waals surface area contributed by atoms with E-state index in [0.717, 1.165) is 24.8 Å². The summed E-state index contributed by atoms with van der Waals surface area (Å²) in [6.07, 6.45) is 0.257. The molecule has 2 aliphatic heterocycles. The zero-order chi connectivity index (χ0) is 36.3. The van der Waals surface area contributed by atoms with E-state index in [0.29, 0.717) is 25.3 Å². The maximum atomic E-state index is 14.3. The van der Waals surface area contributed by atoms with E-state index in [-0.39, 0.29) is 55.3 Å². The number of alkyl carbamates (subject to hydrolysis) is 1. The fourth-order valence-corrected chi connectivity index (χ4v) is 8.06. The van der Waals surface area contributed by atoms with E-state index < -0.39 is 39.8 Å². The zero-order valence-corrected chi connectivity index (χ0v) is 30.7. The van der Waals surface area contributed by atoms with Crippen LogP contribution in [0.15, 0.2) is 59.5 Å². The highest BCUT2D eigenvalue weighted by molar-refractivity contribution is 7.89. The lowest BCUT2D eigenvalue weighted by Crippen LogP contribution is -2.52. The number of hydrogen-bond acceptors (Lipinski definition) is 9. The summed E-state index contributed by atoms with van der Waals surface area (Å²) in [6.45, 7) is 8.88. The third kappa shape index (κ3) is 11.6. The van der Waals surface area contributed by atoms with Crippen molar-refractivity contribution < 1.29 is 37.3 Å². The molecule has 2 heterocycles. The van der Waals surface area contributed by atoms with Gasteiger partial charge in [-0.25, -0.2) is 18.0 Å². The highest BCUT2D eigenvalue weighted by Crippen LogP contribution is 2.33. The van der Waals surface area contributed by atoms with Gasteiger partial charge in [0.25, 0.3) is 0 Å². The Morgan fingerprint density at radius 3 is 2.54 bits per heavy atom. The molecule has 14 heteroatoms. The van der Waals surface area contributed by atoms with E-state index >= 15 is 0 Å². The van der Waals surface area contributed by atoms with Gasteiger partial charge in [-0.1, -0.05) is 56.7 Å². The Labute approximate surface area is 296 Å². The van der Waals surface area contributed by atoms with Crippen LogP contribution in [0.5, 0.6) is 0 Å². The lowest BCUT2D eigenvalue weighted by Gasteiger charge is -2.35. The molecule has 2 saturated heterocycles. The van der Waals surface area contributed by atoms with Crippen molar-refractivity contribution in [1.82, 2.24) is 20.3 Å². The Kier molecular flexibility index (Phi) is 14.3. The zero-order valence-electron chi connectivity index (χ0n) is 29.9. The molecule has 5 N–H and O–H groups in total. The SMILES string of the molecule is CNc1cccc(S(=O)(=O)N(C[C@@H](O)[C@H](Cc2ccccc2)NC(=O)O[C@H]2CO[C@H]3OCC[C@H]32)CC(C)(C)CCCCNC(=O)NC(C)C)c1. The minimum Gasteiger partial charge on any atom is -0.443 e. The molecule has 13 nitrogen and oxygen atoms in total. The number of nitrogens with one attached hydrogen (secondary N) is 4. The topological polar surface area (TPSA) is 168 Å². The van der Waals surface area contributed by atoms with Gasteiger partial charge in [-0.15, -0.1) is 0 Å². The number of sulfonamides is 1. The van der Waals surface area contributed by atoms with Crippen molar-refractivity contribution in [1.29, 1.82) is 0 Å². The first-order valence-electron chi connectivity index (χ1n) is 17.5. The van der Waals surface area contributed by atoms with Gasteiger partial charge in [-0.2, -0.15) is 4.31 Å². The average Bonchev–Trinajstić information content (AvgIpc) is 3.69. The van der Waals surface area contributed by atoms with Gasteiger partial charge in [0, 0.05) is 38.4 Å². The molecular formula is C36H55N5O8S. The van der Waals surface area contributed by atoms with Gasteiger partial charge in [0.1, 0.15) is 6.10 Å². The molecular weight excluding hydrogens is 662 g/mol. The third-order valence-corrected chi connectivity index (χ3v) is 10.9. The first-order valence-corrected chi connectivity index (χ1v) is 19.0. The van der Waals surface area contributed by atoms with Crippen LogP contribution in [0.4, 0.5) is 15.3 Å². The fourth-order valence-electron chi connectivity index (χ4n) is 6.37. The summed E-state index contributed by atoms with van der Waals surface area (Å²) in [5.74, 6) is -0.0533. The van der Waals surface area contributed by atoms with Gasteiger partial charge in [-0.05, 0) is 68.7 Å². The van der Waals surface area contributed by atoms with Gasteiger partial charge >= 0.3 is 12.1 Å². The van der Waals surface area contributed by atoms with Gasteiger partial charge in [0.2, 0.25) is 10.0 Å². The van der Waals surface area contributed by atoms with E-state index in [4.69, 9.17) is 14.2 Å². The van der Waals surface area contributed by atoms with Gasteiger partial charge in [0.15, 0.2) is 6.29 Å². The molecule has 0 saturated carbocycles. The number of anilines is 1. The number of aliphatic hydroxyl groups is 1. The summed E-state index contributed by atoms with van der Waals surface area (Å²) < 4.78 is 46.8. The number of unbranched alkanes of at least 4 members (excludes halogenated alkanes) is 1. The van der Waals surface area contributed by atoms with Crippen LogP contribution in [-0.2, 0) is 30.7 Å². The first-order chi connectivity index (χ1) is 23.8. The number of carbonyl (C=O) groups excluding carboxylic acids is 2. The second kappa shape index (κ2) is 18.2. The standard InChI is InChI=1S/C36H55N5O8S/c1-25(2)39-34(43)38-18-10-9-17-36(3,4)24-41(50(45,46)28-15-11-14-27(21-28)37-5)22-31(42)30(20-26-12-7-6-8-13-26)40-35(44)49-32-23-48-33-29(32)16-19-47-33/h6-8,11-15,21,25,29-33,37,42H,9-10,16-20,22-24H2,1-5H3,(H,40,44)(H2,38,39,43)/t29-,30-,31+,32-,33+/m0/s1. The minimum absolute atomic E-state index is 0.0378. The number of hydrogen-bond donors (Lipinski definition) is 5. The molecule has 0 aliphatic carbocycles. The molecule has 3 amide bonds. The molecule has 0 unspecified atom stereocenters. The van der Waals surface area contributed by atoms with Crippen molar-refractivity contribution in [3.8, 4) is 0 Å². The Balaban J connectivity index is 1.50. The van der Waals surface area contributed by atoms with Gasteiger partial charge in [0.05, 0.1) is 36.2 Å². The predicted molar refractivity (Wildman–Crippen MR) is 191 cm³/mol. The van der Waals surface area contributed by atoms with E-state index in [1.165, 1.54) is 10.4 Å². The van der Waals surface area contributed by atoms with Crippen molar-refractivity contribution in [3.05, 3.63) is 60.2 Å². The number of nitrogens with zero attached hydrogens (tertiary/aromatic N) is 1.